The van der Waals surface area contributed by atoms with E-state index in [1.165, 1.54) is 10.9 Å². The molecule has 0 unspecified atom stereocenters. The van der Waals surface area contributed by atoms with Crippen LogP contribution in [0.4, 0.5) is 0 Å². The first kappa shape index (κ1) is 14.5. The Hall–Kier alpha value is -1.92. The van der Waals surface area contributed by atoms with Crippen LogP contribution in [-0.4, -0.2) is 27.3 Å². The fourth-order valence-electron chi connectivity index (χ4n) is 1.68. The summed E-state index contributed by atoms with van der Waals surface area (Å²) in [5.41, 5.74) is 7.27. The summed E-state index contributed by atoms with van der Waals surface area (Å²) in [5, 5.41) is 4.64. The van der Waals surface area contributed by atoms with Crippen LogP contribution >= 0.6 is 23.8 Å². The predicted molar refractivity (Wildman–Crippen MR) is 80.4 cm³/mol. The van der Waals surface area contributed by atoms with Crippen molar-refractivity contribution in [2.75, 3.05) is 6.61 Å². The monoisotopic (exact) mass is 309 g/mol. The highest BCUT2D eigenvalue weighted by Gasteiger charge is 2.13. The van der Waals surface area contributed by atoms with Crippen molar-refractivity contribution < 1.29 is 9.53 Å². The van der Waals surface area contributed by atoms with Crippen molar-refractivity contribution in [3.63, 3.8) is 0 Å². The zero-order chi connectivity index (χ0) is 14.7. The molecule has 0 spiro atoms. The zero-order valence-electron chi connectivity index (χ0n) is 10.7. The number of rotatable bonds is 4. The van der Waals surface area contributed by atoms with Crippen LogP contribution in [0.1, 0.15) is 22.8 Å². The molecule has 20 heavy (non-hydrogen) atoms. The van der Waals surface area contributed by atoms with Gasteiger partial charge in [-0.05, 0) is 25.1 Å². The van der Waals surface area contributed by atoms with E-state index in [9.17, 15) is 4.79 Å². The van der Waals surface area contributed by atoms with Crippen molar-refractivity contribution in [1.82, 2.24) is 9.78 Å². The largest absolute Gasteiger partial charge is 0.462 e. The molecule has 1 aromatic carbocycles. The molecule has 0 aliphatic heterocycles. The standard InChI is InChI=1S/C13H12ClN3O2S/c1-2-19-13(18)8-6-16-17(7-8)11-4-3-9(14)5-10(11)12(15)20/h3-7H,2H2,1H3,(H2,15,20). The highest BCUT2D eigenvalue weighted by molar-refractivity contribution is 7.80. The van der Waals surface area contributed by atoms with E-state index in [0.717, 1.165) is 0 Å². The van der Waals surface area contributed by atoms with E-state index in [2.05, 4.69) is 5.10 Å². The average Bonchev–Trinajstić information content (AvgIpc) is 2.88. The summed E-state index contributed by atoms with van der Waals surface area (Å²) in [4.78, 5) is 11.8. The topological polar surface area (TPSA) is 70.1 Å². The smallest absolute Gasteiger partial charge is 0.341 e. The fraction of sp³-hybridized carbons (Fsp3) is 0.154. The summed E-state index contributed by atoms with van der Waals surface area (Å²) in [7, 11) is 0. The lowest BCUT2D eigenvalue weighted by Gasteiger charge is -2.08. The number of carbonyl (C=O) groups excluding carboxylic acids is 1. The van der Waals surface area contributed by atoms with Gasteiger partial charge in [-0.3, -0.25) is 0 Å². The molecule has 2 rings (SSSR count). The molecule has 2 aromatic rings. The molecule has 0 aliphatic rings. The second-order valence-corrected chi connectivity index (χ2v) is 4.80. The van der Waals surface area contributed by atoms with Gasteiger partial charge < -0.3 is 10.5 Å². The van der Waals surface area contributed by atoms with Gasteiger partial charge in [0.1, 0.15) is 4.99 Å². The summed E-state index contributed by atoms with van der Waals surface area (Å²) in [6, 6.07) is 5.09. The van der Waals surface area contributed by atoms with Gasteiger partial charge >= 0.3 is 5.97 Å². The number of nitrogens with zero attached hydrogens (tertiary/aromatic N) is 2. The van der Waals surface area contributed by atoms with Crippen LogP contribution in [0.2, 0.25) is 5.02 Å². The Kier molecular flexibility index (Phi) is 4.36. The molecule has 1 aromatic heterocycles. The number of thiocarbonyl (C=S) groups is 1. The Morgan fingerprint density at radius 1 is 1.55 bits per heavy atom. The van der Waals surface area contributed by atoms with Gasteiger partial charge in [0.25, 0.3) is 0 Å². The van der Waals surface area contributed by atoms with Crippen LogP contribution in [0, 0.1) is 0 Å². The Balaban J connectivity index is 2.42. The van der Waals surface area contributed by atoms with Gasteiger partial charge in [-0.2, -0.15) is 5.10 Å². The minimum absolute atomic E-state index is 0.204. The van der Waals surface area contributed by atoms with Crippen molar-refractivity contribution in [3.05, 3.63) is 46.7 Å². The Morgan fingerprint density at radius 2 is 2.30 bits per heavy atom. The third-order valence-electron chi connectivity index (χ3n) is 2.56. The van der Waals surface area contributed by atoms with E-state index in [4.69, 9.17) is 34.3 Å². The number of halogens is 1. The number of benzene rings is 1. The summed E-state index contributed by atoms with van der Waals surface area (Å²) >= 11 is 10.9. The van der Waals surface area contributed by atoms with Crippen molar-refractivity contribution >= 4 is 34.8 Å². The third kappa shape index (κ3) is 2.97. The molecule has 0 saturated heterocycles. The zero-order valence-corrected chi connectivity index (χ0v) is 12.2. The number of carbonyl (C=O) groups is 1. The van der Waals surface area contributed by atoms with E-state index in [1.54, 1.807) is 31.3 Å². The lowest BCUT2D eigenvalue weighted by atomic mass is 10.2. The molecule has 0 amide bonds. The highest BCUT2D eigenvalue weighted by atomic mass is 35.5. The number of hydrogen-bond acceptors (Lipinski definition) is 4. The van der Waals surface area contributed by atoms with E-state index < -0.39 is 5.97 Å². The normalized spacial score (nSPS) is 10.3. The minimum Gasteiger partial charge on any atom is -0.462 e. The second kappa shape index (κ2) is 6.02. The Bertz CT molecular complexity index is 669. The van der Waals surface area contributed by atoms with Gasteiger partial charge in [-0.15, -0.1) is 0 Å². The van der Waals surface area contributed by atoms with Crippen molar-refractivity contribution in [1.29, 1.82) is 0 Å². The van der Waals surface area contributed by atoms with Gasteiger partial charge in [0.15, 0.2) is 0 Å². The lowest BCUT2D eigenvalue weighted by Crippen LogP contribution is -2.13. The maximum absolute atomic E-state index is 11.6. The number of nitrogens with two attached hydrogens (primary N) is 1. The highest BCUT2D eigenvalue weighted by Crippen LogP contribution is 2.20. The molecule has 0 bridgehead atoms. The van der Waals surface area contributed by atoms with Crippen molar-refractivity contribution in [2.45, 2.75) is 6.92 Å². The second-order valence-electron chi connectivity index (χ2n) is 3.92. The van der Waals surface area contributed by atoms with E-state index in [0.29, 0.717) is 28.4 Å². The lowest BCUT2D eigenvalue weighted by molar-refractivity contribution is 0.0526. The number of esters is 1. The molecule has 0 aliphatic carbocycles. The average molecular weight is 310 g/mol. The molecular formula is C13H12ClN3O2S. The van der Waals surface area contributed by atoms with Crippen LogP contribution in [0.3, 0.4) is 0 Å². The van der Waals surface area contributed by atoms with E-state index in [1.807, 2.05) is 0 Å². The molecule has 7 heteroatoms. The number of ether oxygens (including phenoxy) is 1. The molecule has 2 N–H and O–H groups in total. The minimum atomic E-state index is -0.426. The number of aromatic nitrogens is 2. The molecule has 5 nitrogen and oxygen atoms in total. The number of hydrogen-bond donors (Lipinski definition) is 1. The molecule has 0 saturated carbocycles. The molecule has 0 fully saturated rings. The predicted octanol–water partition coefficient (Wildman–Crippen LogP) is 2.34. The van der Waals surface area contributed by atoms with Gasteiger partial charge in [-0.25, -0.2) is 9.48 Å². The summed E-state index contributed by atoms with van der Waals surface area (Å²) in [5.74, 6) is -0.426. The first-order valence-electron chi connectivity index (χ1n) is 5.84. The molecular weight excluding hydrogens is 298 g/mol. The summed E-state index contributed by atoms with van der Waals surface area (Å²) in [6.07, 6.45) is 2.99. The first-order chi connectivity index (χ1) is 9.52. The van der Waals surface area contributed by atoms with Crippen LogP contribution < -0.4 is 5.73 Å². The Labute approximate surface area is 126 Å². The summed E-state index contributed by atoms with van der Waals surface area (Å²) in [6.45, 7) is 2.05. The van der Waals surface area contributed by atoms with Crippen LogP contribution in [0.15, 0.2) is 30.6 Å². The van der Waals surface area contributed by atoms with Gasteiger partial charge in [0.2, 0.25) is 0 Å². The fourth-order valence-corrected chi connectivity index (χ4v) is 2.02. The third-order valence-corrected chi connectivity index (χ3v) is 3.02. The van der Waals surface area contributed by atoms with Gasteiger partial charge in [0, 0.05) is 16.8 Å². The first-order valence-corrected chi connectivity index (χ1v) is 6.63. The van der Waals surface area contributed by atoms with Gasteiger partial charge in [0.05, 0.1) is 24.1 Å². The summed E-state index contributed by atoms with van der Waals surface area (Å²) < 4.78 is 6.42. The van der Waals surface area contributed by atoms with Crippen LogP contribution in [0.25, 0.3) is 5.69 Å². The molecule has 104 valence electrons. The SMILES string of the molecule is CCOC(=O)c1cnn(-c2ccc(Cl)cc2C(N)=S)c1. The van der Waals surface area contributed by atoms with Crippen molar-refractivity contribution in [2.24, 2.45) is 5.73 Å². The van der Waals surface area contributed by atoms with Crippen LogP contribution in [0.5, 0.6) is 0 Å². The van der Waals surface area contributed by atoms with E-state index >= 15 is 0 Å². The maximum atomic E-state index is 11.6. The van der Waals surface area contributed by atoms with E-state index in [-0.39, 0.29) is 4.99 Å². The molecule has 0 atom stereocenters. The van der Waals surface area contributed by atoms with Crippen molar-refractivity contribution in [3.8, 4) is 5.69 Å². The molecule has 0 radical (unpaired) electrons. The maximum Gasteiger partial charge on any atom is 0.341 e. The van der Waals surface area contributed by atoms with Gasteiger partial charge in [-0.1, -0.05) is 23.8 Å². The Morgan fingerprint density at radius 3 is 2.95 bits per heavy atom. The van der Waals surface area contributed by atoms with Crippen LogP contribution in [-0.2, 0) is 4.74 Å². The quantitative estimate of drug-likeness (QED) is 0.693. The molecule has 1 heterocycles.